The predicted molar refractivity (Wildman–Crippen MR) is 98.2 cm³/mol. The lowest BCUT2D eigenvalue weighted by Gasteiger charge is -2.33. The average molecular weight is 347 g/mol. The third-order valence-electron chi connectivity index (χ3n) is 4.31. The van der Waals surface area contributed by atoms with Gasteiger partial charge in [0, 0.05) is 28.1 Å². The minimum Gasteiger partial charge on any atom is -0.496 e. The smallest absolute Gasteiger partial charge is 0.410 e. The summed E-state index contributed by atoms with van der Waals surface area (Å²) in [4.78, 5) is 15.4. The first-order valence-electron chi connectivity index (χ1n) is 8.42. The Morgan fingerprint density at radius 1 is 1.25 bits per heavy atom. The molecular formula is C19H25NO3S. The maximum atomic E-state index is 12.2. The highest BCUT2D eigenvalue weighted by Gasteiger charge is 2.28. The zero-order chi connectivity index (χ0) is 17.3. The summed E-state index contributed by atoms with van der Waals surface area (Å²) in [5.74, 6) is 1.44. The zero-order valence-electron chi connectivity index (χ0n) is 14.8. The van der Waals surface area contributed by atoms with Gasteiger partial charge >= 0.3 is 6.09 Å². The number of piperidine rings is 1. The van der Waals surface area contributed by atoms with E-state index in [-0.39, 0.29) is 6.09 Å². The van der Waals surface area contributed by atoms with Gasteiger partial charge in [-0.1, -0.05) is 6.07 Å². The van der Waals surface area contributed by atoms with Crippen LogP contribution in [-0.2, 0) is 4.74 Å². The summed E-state index contributed by atoms with van der Waals surface area (Å²) < 4.78 is 12.2. The molecule has 1 saturated heterocycles. The van der Waals surface area contributed by atoms with E-state index in [2.05, 4.69) is 12.1 Å². The zero-order valence-corrected chi connectivity index (χ0v) is 15.6. The van der Waals surface area contributed by atoms with E-state index in [4.69, 9.17) is 9.47 Å². The molecule has 1 aliphatic rings. The lowest BCUT2D eigenvalue weighted by Crippen LogP contribution is -2.41. The van der Waals surface area contributed by atoms with Crippen LogP contribution >= 0.6 is 11.3 Å². The Morgan fingerprint density at radius 3 is 2.58 bits per heavy atom. The molecule has 130 valence electrons. The quantitative estimate of drug-likeness (QED) is 0.765. The number of fused-ring (bicyclic) bond motifs is 1. The van der Waals surface area contributed by atoms with Gasteiger partial charge in [0.1, 0.15) is 11.4 Å². The van der Waals surface area contributed by atoms with Gasteiger partial charge in [0.25, 0.3) is 0 Å². The third-order valence-corrected chi connectivity index (χ3v) is 5.57. The van der Waals surface area contributed by atoms with Gasteiger partial charge in [0.15, 0.2) is 0 Å². The van der Waals surface area contributed by atoms with Gasteiger partial charge in [-0.15, -0.1) is 11.3 Å². The molecule has 3 rings (SSSR count). The number of methoxy groups -OCH3 is 1. The van der Waals surface area contributed by atoms with Crippen molar-refractivity contribution in [3.05, 3.63) is 29.1 Å². The van der Waals surface area contributed by atoms with E-state index in [1.807, 2.05) is 49.1 Å². The number of hydrogen-bond acceptors (Lipinski definition) is 4. The maximum Gasteiger partial charge on any atom is 0.410 e. The van der Waals surface area contributed by atoms with Crippen LogP contribution in [0, 0.1) is 0 Å². The van der Waals surface area contributed by atoms with Crippen molar-refractivity contribution in [1.82, 2.24) is 4.90 Å². The van der Waals surface area contributed by atoms with Crippen LogP contribution < -0.4 is 4.74 Å². The standard InChI is InChI=1S/C19H25NO3S/c1-19(2,3)23-18(21)20-10-8-13(9-11-20)17-12-14-15(22-4)6-5-7-16(14)24-17/h5-7,12-13H,8-11H2,1-4H3. The Bertz CT molecular complexity index is 724. The third kappa shape index (κ3) is 3.66. The number of hydrogen-bond donors (Lipinski definition) is 0. The number of nitrogens with zero attached hydrogens (tertiary/aromatic N) is 1. The van der Waals surface area contributed by atoms with Crippen LogP contribution in [0.1, 0.15) is 44.4 Å². The molecule has 0 radical (unpaired) electrons. The molecule has 0 atom stereocenters. The summed E-state index contributed by atoms with van der Waals surface area (Å²) in [7, 11) is 1.71. The molecule has 0 aliphatic carbocycles. The minimum atomic E-state index is -0.435. The SMILES string of the molecule is COc1cccc2sc(C3CCN(C(=O)OC(C)(C)C)CC3)cc12. The first kappa shape index (κ1) is 17.1. The molecule has 1 aliphatic heterocycles. The number of carbonyl (C=O) groups excluding carboxylic acids is 1. The molecule has 0 unspecified atom stereocenters. The van der Waals surface area contributed by atoms with Crippen LogP contribution in [0.25, 0.3) is 10.1 Å². The van der Waals surface area contributed by atoms with Gasteiger partial charge in [0.05, 0.1) is 7.11 Å². The van der Waals surface area contributed by atoms with Gasteiger partial charge in [-0.25, -0.2) is 4.79 Å². The molecule has 0 spiro atoms. The van der Waals surface area contributed by atoms with E-state index in [1.165, 1.54) is 15.0 Å². The second-order valence-corrected chi connectivity index (χ2v) is 8.38. The number of thiophene rings is 1. The molecule has 1 aromatic heterocycles. The molecule has 4 nitrogen and oxygen atoms in total. The predicted octanol–water partition coefficient (Wildman–Crippen LogP) is 5.02. The second-order valence-electron chi connectivity index (χ2n) is 7.26. The van der Waals surface area contributed by atoms with Crippen molar-refractivity contribution < 1.29 is 14.3 Å². The van der Waals surface area contributed by atoms with Crippen molar-refractivity contribution >= 4 is 27.5 Å². The van der Waals surface area contributed by atoms with Gasteiger partial charge in [0.2, 0.25) is 0 Å². The number of ether oxygens (including phenoxy) is 2. The van der Waals surface area contributed by atoms with Crippen LogP contribution in [0.3, 0.4) is 0 Å². The maximum absolute atomic E-state index is 12.2. The van der Waals surface area contributed by atoms with E-state index in [9.17, 15) is 4.79 Å². The van der Waals surface area contributed by atoms with E-state index in [0.29, 0.717) is 5.92 Å². The number of carbonyl (C=O) groups is 1. The molecular weight excluding hydrogens is 322 g/mol. The van der Waals surface area contributed by atoms with E-state index in [1.54, 1.807) is 7.11 Å². The summed E-state index contributed by atoms with van der Waals surface area (Å²) in [6.07, 6.45) is 1.77. The van der Waals surface area contributed by atoms with Crippen LogP contribution in [0.4, 0.5) is 4.79 Å². The second kappa shape index (κ2) is 6.63. The molecule has 0 N–H and O–H groups in total. The van der Waals surface area contributed by atoms with Gasteiger partial charge < -0.3 is 14.4 Å². The topological polar surface area (TPSA) is 38.8 Å². The first-order chi connectivity index (χ1) is 11.4. The van der Waals surface area contributed by atoms with Crippen molar-refractivity contribution in [2.24, 2.45) is 0 Å². The molecule has 0 bridgehead atoms. The van der Waals surface area contributed by atoms with E-state index >= 15 is 0 Å². The summed E-state index contributed by atoms with van der Waals surface area (Å²) in [6, 6.07) is 8.44. The van der Waals surface area contributed by atoms with Crippen molar-refractivity contribution in [3.63, 3.8) is 0 Å². The Kier molecular flexibility index (Phi) is 4.72. The van der Waals surface area contributed by atoms with Crippen LogP contribution in [0.5, 0.6) is 5.75 Å². The fourth-order valence-electron chi connectivity index (χ4n) is 3.11. The largest absolute Gasteiger partial charge is 0.496 e. The fraction of sp³-hybridized carbons (Fsp3) is 0.526. The van der Waals surface area contributed by atoms with Crippen LogP contribution in [0.2, 0.25) is 0 Å². The molecule has 1 amide bonds. The number of benzene rings is 1. The molecule has 1 fully saturated rings. The highest BCUT2D eigenvalue weighted by molar-refractivity contribution is 7.19. The lowest BCUT2D eigenvalue weighted by atomic mass is 9.95. The summed E-state index contributed by atoms with van der Waals surface area (Å²) >= 11 is 1.84. The number of likely N-dealkylation sites (tertiary alicyclic amines) is 1. The molecule has 2 heterocycles. The van der Waals surface area contributed by atoms with Gasteiger partial charge in [-0.3, -0.25) is 0 Å². The monoisotopic (exact) mass is 347 g/mol. The van der Waals surface area contributed by atoms with Crippen LogP contribution in [0.15, 0.2) is 24.3 Å². The highest BCUT2D eigenvalue weighted by atomic mass is 32.1. The Balaban J connectivity index is 1.68. The van der Waals surface area contributed by atoms with E-state index < -0.39 is 5.60 Å². The van der Waals surface area contributed by atoms with E-state index in [0.717, 1.165) is 31.7 Å². The van der Waals surface area contributed by atoms with Crippen molar-refractivity contribution in [2.75, 3.05) is 20.2 Å². The lowest BCUT2D eigenvalue weighted by molar-refractivity contribution is 0.0205. The summed E-state index contributed by atoms with van der Waals surface area (Å²) in [6.45, 7) is 7.22. The highest BCUT2D eigenvalue weighted by Crippen LogP contribution is 2.39. The first-order valence-corrected chi connectivity index (χ1v) is 9.23. The Labute approximate surface area is 147 Å². The van der Waals surface area contributed by atoms with Crippen LogP contribution in [-0.4, -0.2) is 36.8 Å². The normalized spacial score (nSPS) is 16.4. The Hall–Kier alpha value is -1.75. The average Bonchev–Trinajstić information content (AvgIpc) is 2.97. The molecule has 1 aromatic carbocycles. The van der Waals surface area contributed by atoms with Gasteiger partial charge in [-0.2, -0.15) is 0 Å². The molecule has 2 aromatic rings. The van der Waals surface area contributed by atoms with Gasteiger partial charge in [-0.05, 0) is 57.7 Å². The summed E-state index contributed by atoms with van der Waals surface area (Å²) in [5, 5.41) is 1.19. The molecule has 24 heavy (non-hydrogen) atoms. The number of amides is 1. The van der Waals surface area contributed by atoms with Crippen molar-refractivity contribution in [2.45, 2.75) is 45.1 Å². The number of rotatable bonds is 2. The summed E-state index contributed by atoms with van der Waals surface area (Å²) in [5.41, 5.74) is -0.435. The Morgan fingerprint density at radius 2 is 1.96 bits per heavy atom. The van der Waals surface area contributed by atoms with Crippen molar-refractivity contribution in [3.8, 4) is 5.75 Å². The fourth-order valence-corrected chi connectivity index (χ4v) is 4.36. The molecule has 5 heteroatoms. The van der Waals surface area contributed by atoms with Crippen molar-refractivity contribution in [1.29, 1.82) is 0 Å². The minimum absolute atomic E-state index is 0.195. The molecule has 0 saturated carbocycles.